The third kappa shape index (κ3) is 2.72. The molecule has 15 heavy (non-hydrogen) atoms. The summed E-state index contributed by atoms with van der Waals surface area (Å²) in [6.07, 6.45) is 2.98. The predicted octanol–water partition coefficient (Wildman–Crippen LogP) is 3.47. The van der Waals surface area contributed by atoms with Gasteiger partial charge in [0.2, 0.25) is 0 Å². The van der Waals surface area contributed by atoms with Crippen LogP contribution in [0.3, 0.4) is 0 Å². The van der Waals surface area contributed by atoms with Gasteiger partial charge in [-0.05, 0) is 23.3 Å². The second-order valence-electron chi connectivity index (χ2n) is 5.00. The molecule has 0 aromatic rings. The Morgan fingerprint density at radius 2 is 2.27 bits per heavy atom. The summed E-state index contributed by atoms with van der Waals surface area (Å²) in [6.45, 7) is 6.52. The van der Waals surface area contributed by atoms with E-state index >= 15 is 0 Å². The molecule has 0 aromatic carbocycles. The Kier molecular flexibility index (Phi) is 3.75. The van der Waals surface area contributed by atoms with Crippen molar-refractivity contribution in [3.8, 4) is 0 Å². The number of nitrogens with zero attached hydrogens (tertiary/aromatic N) is 3. The Bertz CT molecular complexity index is 292. The van der Waals surface area contributed by atoms with Crippen molar-refractivity contribution in [3.63, 3.8) is 0 Å². The number of azide groups is 1. The highest BCUT2D eigenvalue weighted by Crippen LogP contribution is 2.41. The Morgan fingerprint density at radius 1 is 1.60 bits per heavy atom. The number of hydrogen-bond acceptors (Lipinski definition) is 2. The number of rotatable bonds is 3. The monoisotopic (exact) mass is 209 g/mol. The van der Waals surface area contributed by atoms with Crippen molar-refractivity contribution < 1.29 is 4.79 Å². The van der Waals surface area contributed by atoms with Gasteiger partial charge >= 0.3 is 0 Å². The first kappa shape index (κ1) is 12.1. The maximum Gasteiger partial charge on any atom is 0.133 e. The highest BCUT2D eigenvalue weighted by Gasteiger charge is 2.37. The first-order valence-corrected chi connectivity index (χ1v) is 5.57. The van der Waals surface area contributed by atoms with Crippen LogP contribution in [0.4, 0.5) is 0 Å². The highest BCUT2D eigenvalue weighted by molar-refractivity contribution is 5.80. The van der Waals surface area contributed by atoms with Crippen LogP contribution >= 0.6 is 0 Å². The van der Waals surface area contributed by atoms with Crippen LogP contribution in [0, 0.1) is 11.3 Å². The van der Waals surface area contributed by atoms with Gasteiger partial charge in [0.1, 0.15) is 5.78 Å². The average molecular weight is 209 g/mol. The molecule has 0 N–H and O–H groups in total. The standard InChI is InChI=1S/C11H19N3O/c1-4-11(2,3)9-6-5-8(15)7-10(9)13-14-12/h9-10H,4-7H2,1-3H3. The summed E-state index contributed by atoms with van der Waals surface area (Å²) in [6, 6.07) is -0.133. The Labute approximate surface area is 90.7 Å². The molecule has 0 aromatic heterocycles. The fourth-order valence-electron chi connectivity index (χ4n) is 2.35. The van der Waals surface area contributed by atoms with Crippen molar-refractivity contribution in [2.45, 2.75) is 52.5 Å². The molecular formula is C11H19N3O. The maximum absolute atomic E-state index is 11.3. The molecule has 0 spiro atoms. The summed E-state index contributed by atoms with van der Waals surface area (Å²) >= 11 is 0. The molecule has 4 nitrogen and oxygen atoms in total. The lowest BCUT2D eigenvalue weighted by atomic mass is 9.67. The molecule has 0 amide bonds. The van der Waals surface area contributed by atoms with Crippen molar-refractivity contribution >= 4 is 5.78 Å². The molecule has 2 atom stereocenters. The van der Waals surface area contributed by atoms with Gasteiger partial charge in [0, 0.05) is 23.8 Å². The van der Waals surface area contributed by atoms with Crippen molar-refractivity contribution in [2.75, 3.05) is 0 Å². The highest BCUT2D eigenvalue weighted by atomic mass is 16.1. The van der Waals surface area contributed by atoms with Crippen LogP contribution in [0.25, 0.3) is 10.4 Å². The van der Waals surface area contributed by atoms with E-state index in [0.717, 1.165) is 12.8 Å². The number of carbonyl (C=O) groups is 1. The van der Waals surface area contributed by atoms with Gasteiger partial charge in [-0.2, -0.15) is 0 Å². The fraction of sp³-hybridized carbons (Fsp3) is 0.909. The van der Waals surface area contributed by atoms with Gasteiger partial charge in [0.15, 0.2) is 0 Å². The molecule has 0 aliphatic heterocycles. The van der Waals surface area contributed by atoms with Crippen LogP contribution in [-0.4, -0.2) is 11.8 Å². The molecule has 4 heteroatoms. The van der Waals surface area contributed by atoms with Gasteiger partial charge < -0.3 is 0 Å². The molecule has 1 fully saturated rings. The fourth-order valence-corrected chi connectivity index (χ4v) is 2.35. The predicted molar refractivity (Wildman–Crippen MR) is 59.4 cm³/mol. The minimum atomic E-state index is -0.133. The Balaban J connectivity index is 2.85. The van der Waals surface area contributed by atoms with E-state index in [9.17, 15) is 4.79 Å². The zero-order chi connectivity index (χ0) is 11.5. The number of Topliss-reactive ketones (excluding diaryl/α,β-unsaturated/α-hetero) is 1. The van der Waals surface area contributed by atoms with Gasteiger partial charge in [0.25, 0.3) is 0 Å². The molecule has 1 saturated carbocycles. The number of hydrogen-bond donors (Lipinski definition) is 0. The topological polar surface area (TPSA) is 65.8 Å². The summed E-state index contributed by atoms with van der Waals surface area (Å²) in [4.78, 5) is 14.2. The van der Waals surface area contributed by atoms with Crippen LogP contribution in [0.1, 0.15) is 46.5 Å². The lowest BCUT2D eigenvalue weighted by Gasteiger charge is -2.39. The normalized spacial score (nSPS) is 27.3. The van der Waals surface area contributed by atoms with Gasteiger partial charge in [-0.3, -0.25) is 4.79 Å². The van der Waals surface area contributed by atoms with E-state index in [-0.39, 0.29) is 17.2 Å². The first-order valence-electron chi connectivity index (χ1n) is 5.57. The molecule has 1 rings (SSSR count). The minimum absolute atomic E-state index is 0.133. The van der Waals surface area contributed by atoms with E-state index in [4.69, 9.17) is 5.53 Å². The Morgan fingerprint density at radius 3 is 2.80 bits per heavy atom. The molecule has 1 aliphatic rings. The summed E-state index contributed by atoms with van der Waals surface area (Å²) in [5.41, 5.74) is 8.66. The third-order valence-electron chi connectivity index (χ3n) is 3.75. The smallest absolute Gasteiger partial charge is 0.133 e. The second kappa shape index (κ2) is 4.67. The molecule has 0 radical (unpaired) electrons. The molecule has 0 saturated heterocycles. The molecule has 84 valence electrons. The van der Waals surface area contributed by atoms with E-state index in [2.05, 4.69) is 30.8 Å². The minimum Gasteiger partial charge on any atom is -0.300 e. The zero-order valence-electron chi connectivity index (χ0n) is 9.73. The van der Waals surface area contributed by atoms with Gasteiger partial charge in [-0.15, -0.1) is 0 Å². The van der Waals surface area contributed by atoms with Gasteiger partial charge in [-0.1, -0.05) is 32.3 Å². The van der Waals surface area contributed by atoms with E-state index in [0.29, 0.717) is 18.8 Å². The largest absolute Gasteiger partial charge is 0.300 e. The van der Waals surface area contributed by atoms with E-state index < -0.39 is 0 Å². The van der Waals surface area contributed by atoms with E-state index in [1.54, 1.807) is 0 Å². The summed E-state index contributed by atoms with van der Waals surface area (Å²) in [5, 5.41) is 3.79. The SMILES string of the molecule is CCC(C)(C)C1CCC(=O)CC1N=[N+]=[N-]. The molecule has 0 bridgehead atoms. The quantitative estimate of drug-likeness (QED) is 0.398. The van der Waals surface area contributed by atoms with Crippen LogP contribution in [0.2, 0.25) is 0 Å². The maximum atomic E-state index is 11.3. The zero-order valence-corrected chi connectivity index (χ0v) is 9.73. The summed E-state index contributed by atoms with van der Waals surface area (Å²) in [7, 11) is 0. The van der Waals surface area contributed by atoms with E-state index in [1.165, 1.54) is 0 Å². The molecule has 0 heterocycles. The van der Waals surface area contributed by atoms with Crippen molar-refractivity contribution in [1.82, 2.24) is 0 Å². The number of ketones is 1. The van der Waals surface area contributed by atoms with Crippen LogP contribution in [0.15, 0.2) is 5.11 Å². The summed E-state index contributed by atoms with van der Waals surface area (Å²) in [5.74, 6) is 0.576. The lowest BCUT2D eigenvalue weighted by Crippen LogP contribution is -2.37. The van der Waals surface area contributed by atoms with Crippen molar-refractivity contribution in [3.05, 3.63) is 10.4 Å². The lowest BCUT2D eigenvalue weighted by molar-refractivity contribution is -0.122. The average Bonchev–Trinajstić information content (AvgIpc) is 2.18. The first-order chi connectivity index (χ1) is 7.01. The number of carbonyl (C=O) groups excluding carboxylic acids is 1. The molecule has 1 aliphatic carbocycles. The van der Waals surface area contributed by atoms with E-state index in [1.807, 2.05) is 0 Å². The molecular weight excluding hydrogens is 190 g/mol. The van der Waals surface area contributed by atoms with Gasteiger partial charge in [-0.25, -0.2) is 0 Å². The van der Waals surface area contributed by atoms with Gasteiger partial charge in [0.05, 0.1) is 0 Å². The van der Waals surface area contributed by atoms with Crippen molar-refractivity contribution in [1.29, 1.82) is 0 Å². The molecule has 2 unspecified atom stereocenters. The second-order valence-corrected chi connectivity index (χ2v) is 5.00. The van der Waals surface area contributed by atoms with Crippen molar-refractivity contribution in [2.24, 2.45) is 16.4 Å². The van der Waals surface area contributed by atoms with Crippen LogP contribution < -0.4 is 0 Å². The van der Waals surface area contributed by atoms with Crippen LogP contribution in [0.5, 0.6) is 0 Å². The Hall–Kier alpha value is -1.02. The summed E-state index contributed by atoms with van der Waals surface area (Å²) < 4.78 is 0. The third-order valence-corrected chi connectivity index (χ3v) is 3.75. The van der Waals surface area contributed by atoms with Crippen LogP contribution in [-0.2, 0) is 4.79 Å².